The number of nitrogens with one attached hydrogen (secondary N) is 1. The van der Waals surface area contributed by atoms with Crippen LogP contribution in [0.15, 0.2) is 29.4 Å². The zero-order chi connectivity index (χ0) is 18.9. The van der Waals surface area contributed by atoms with E-state index in [9.17, 15) is 0 Å². The fourth-order valence-electron chi connectivity index (χ4n) is 2.36. The number of anilines is 1. The first-order valence-electron chi connectivity index (χ1n) is 9.06. The van der Waals surface area contributed by atoms with Crippen molar-refractivity contribution in [2.75, 3.05) is 18.6 Å². The van der Waals surface area contributed by atoms with Crippen LogP contribution in [0.25, 0.3) is 0 Å². The van der Waals surface area contributed by atoms with E-state index in [1.54, 1.807) is 0 Å². The molecule has 26 heavy (non-hydrogen) atoms. The minimum absolute atomic E-state index is 0.493. The molecule has 0 aliphatic heterocycles. The zero-order valence-corrected chi connectivity index (χ0v) is 16.3. The van der Waals surface area contributed by atoms with E-state index in [0.717, 1.165) is 47.0 Å². The number of rotatable bonds is 9. The number of aromatic nitrogens is 2. The van der Waals surface area contributed by atoms with Gasteiger partial charge >= 0.3 is 0 Å². The lowest BCUT2D eigenvalue weighted by Crippen LogP contribution is -2.06. The van der Waals surface area contributed by atoms with E-state index < -0.39 is 0 Å². The topological polar surface area (TPSA) is 68.6 Å². The third kappa shape index (κ3) is 5.72. The van der Waals surface area contributed by atoms with Gasteiger partial charge in [0, 0.05) is 17.0 Å². The molecule has 0 atom stereocenters. The molecule has 0 radical (unpaired) electrons. The maximum Gasteiger partial charge on any atom is 0.243 e. The maximum absolute atomic E-state index is 5.84. The molecule has 140 valence electrons. The molecule has 0 bridgehead atoms. The quantitative estimate of drug-likeness (QED) is 0.529. The predicted molar refractivity (Wildman–Crippen MR) is 105 cm³/mol. The predicted octanol–water partition coefficient (Wildman–Crippen LogP) is 4.51. The van der Waals surface area contributed by atoms with E-state index in [-0.39, 0.29) is 0 Å². The Bertz CT molecular complexity index is 739. The molecule has 2 aromatic rings. The molecule has 0 unspecified atom stereocenters. The molecule has 1 N–H and O–H groups in total. The van der Waals surface area contributed by atoms with Gasteiger partial charge in [-0.15, -0.1) is 0 Å². The number of nitrogens with zero attached hydrogens (tertiary/aromatic N) is 3. The molecule has 0 amide bonds. The Morgan fingerprint density at radius 1 is 0.962 bits per heavy atom. The maximum atomic E-state index is 5.84. The number of ether oxygens (including phenoxy) is 2. The molecule has 0 aliphatic rings. The van der Waals surface area contributed by atoms with Crippen molar-refractivity contribution in [2.45, 2.75) is 47.5 Å². The van der Waals surface area contributed by atoms with Crippen molar-refractivity contribution >= 4 is 11.7 Å². The fourth-order valence-corrected chi connectivity index (χ4v) is 2.36. The van der Waals surface area contributed by atoms with Crippen LogP contribution >= 0.6 is 0 Å². The van der Waals surface area contributed by atoms with E-state index in [0.29, 0.717) is 19.2 Å². The van der Waals surface area contributed by atoms with Gasteiger partial charge in [0.2, 0.25) is 5.95 Å². The van der Waals surface area contributed by atoms with Gasteiger partial charge in [0.05, 0.1) is 18.9 Å². The summed E-state index contributed by atoms with van der Waals surface area (Å²) in [6, 6.07) is 7.80. The minimum Gasteiger partial charge on any atom is -0.490 e. The monoisotopic (exact) mass is 356 g/mol. The number of hydrazone groups is 1. The Morgan fingerprint density at radius 2 is 1.58 bits per heavy atom. The molecule has 6 heteroatoms. The average Bonchev–Trinajstić information content (AvgIpc) is 2.62. The molecule has 1 aromatic carbocycles. The van der Waals surface area contributed by atoms with Crippen molar-refractivity contribution in [3.05, 3.63) is 41.2 Å². The summed E-state index contributed by atoms with van der Waals surface area (Å²) in [5.41, 5.74) is 6.51. The van der Waals surface area contributed by atoms with Crippen molar-refractivity contribution in [3.8, 4) is 11.5 Å². The number of benzene rings is 1. The second-order valence-corrected chi connectivity index (χ2v) is 6.14. The summed E-state index contributed by atoms with van der Waals surface area (Å²) in [7, 11) is 0. The molecule has 0 saturated carbocycles. The molecule has 0 fully saturated rings. The van der Waals surface area contributed by atoms with Crippen LogP contribution in [0.4, 0.5) is 5.95 Å². The molecule has 1 aromatic heterocycles. The van der Waals surface area contributed by atoms with Crippen molar-refractivity contribution < 1.29 is 9.47 Å². The molecule has 2 rings (SSSR count). The van der Waals surface area contributed by atoms with Crippen LogP contribution in [-0.4, -0.2) is 28.9 Å². The Kier molecular flexibility index (Phi) is 7.38. The Hall–Kier alpha value is -2.63. The lowest BCUT2D eigenvalue weighted by molar-refractivity contribution is 0.268. The first-order valence-corrected chi connectivity index (χ1v) is 9.06. The summed E-state index contributed by atoms with van der Waals surface area (Å²) in [5.74, 6) is 2.00. The molecule has 1 heterocycles. The lowest BCUT2D eigenvalue weighted by Gasteiger charge is -2.13. The van der Waals surface area contributed by atoms with Crippen molar-refractivity contribution in [1.82, 2.24) is 9.97 Å². The Labute approximate surface area is 155 Å². The summed E-state index contributed by atoms with van der Waals surface area (Å²) >= 11 is 0. The van der Waals surface area contributed by atoms with Gasteiger partial charge in [-0.2, -0.15) is 5.10 Å². The van der Waals surface area contributed by atoms with Gasteiger partial charge in [-0.3, -0.25) is 0 Å². The highest BCUT2D eigenvalue weighted by Crippen LogP contribution is 2.29. The third-order valence-electron chi connectivity index (χ3n) is 3.59. The Balaban J connectivity index is 2.19. The van der Waals surface area contributed by atoms with E-state index in [4.69, 9.17) is 9.47 Å². The summed E-state index contributed by atoms with van der Waals surface area (Å²) in [4.78, 5) is 8.66. The first kappa shape index (κ1) is 19.7. The highest BCUT2D eigenvalue weighted by Gasteiger charge is 2.09. The van der Waals surface area contributed by atoms with Crippen molar-refractivity contribution in [1.29, 1.82) is 0 Å². The van der Waals surface area contributed by atoms with Crippen LogP contribution in [0.5, 0.6) is 11.5 Å². The standard InChI is InChI=1S/C20H28N4O2/c1-6-10-25-18-9-8-17(13-19(18)26-11-7-2)16(5)23-24-20-21-14(3)12-15(4)22-20/h8-9,12-13H,6-7,10-11H2,1-5H3,(H,21,22,24)/b23-16-. The summed E-state index contributed by atoms with van der Waals surface area (Å²) < 4.78 is 11.6. The number of hydrogen-bond donors (Lipinski definition) is 1. The molecule has 6 nitrogen and oxygen atoms in total. The van der Waals surface area contributed by atoms with Gasteiger partial charge in [-0.25, -0.2) is 15.4 Å². The van der Waals surface area contributed by atoms with Gasteiger partial charge in [0.25, 0.3) is 0 Å². The molecule has 0 aliphatic carbocycles. The van der Waals surface area contributed by atoms with Gasteiger partial charge in [0.1, 0.15) is 0 Å². The third-order valence-corrected chi connectivity index (χ3v) is 3.59. The SMILES string of the molecule is CCCOc1ccc(/C(C)=N\Nc2nc(C)cc(C)n2)cc1OCCC. The molecule has 0 spiro atoms. The molecular formula is C20H28N4O2. The average molecular weight is 356 g/mol. The largest absolute Gasteiger partial charge is 0.490 e. The second-order valence-electron chi connectivity index (χ2n) is 6.14. The van der Waals surface area contributed by atoms with Crippen LogP contribution < -0.4 is 14.9 Å². The van der Waals surface area contributed by atoms with Crippen LogP contribution in [0.1, 0.15) is 50.6 Å². The van der Waals surface area contributed by atoms with E-state index >= 15 is 0 Å². The smallest absolute Gasteiger partial charge is 0.243 e. The summed E-state index contributed by atoms with van der Waals surface area (Å²) in [6.45, 7) is 11.3. The summed E-state index contributed by atoms with van der Waals surface area (Å²) in [5, 5.41) is 4.41. The lowest BCUT2D eigenvalue weighted by atomic mass is 10.1. The van der Waals surface area contributed by atoms with Gasteiger partial charge < -0.3 is 9.47 Å². The van der Waals surface area contributed by atoms with Crippen LogP contribution in [0, 0.1) is 13.8 Å². The number of aryl methyl sites for hydroxylation is 2. The minimum atomic E-state index is 0.493. The van der Waals surface area contributed by atoms with E-state index in [1.807, 2.05) is 45.0 Å². The van der Waals surface area contributed by atoms with Crippen molar-refractivity contribution in [3.63, 3.8) is 0 Å². The fraction of sp³-hybridized carbons (Fsp3) is 0.450. The van der Waals surface area contributed by atoms with Gasteiger partial charge in [-0.1, -0.05) is 13.8 Å². The highest BCUT2D eigenvalue weighted by molar-refractivity contribution is 5.99. The van der Waals surface area contributed by atoms with Crippen molar-refractivity contribution in [2.24, 2.45) is 5.10 Å². The van der Waals surface area contributed by atoms with Gasteiger partial charge in [0.15, 0.2) is 11.5 Å². The zero-order valence-electron chi connectivity index (χ0n) is 16.3. The first-order chi connectivity index (χ1) is 12.5. The molecular weight excluding hydrogens is 328 g/mol. The van der Waals surface area contributed by atoms with Crippen LogP contribution in [0.3, 0.4) is 0 Å². The highest BCUT2D eigenvalue weighted by atomic mass is 16.5. The van der Waals surface area contributed by atoms with E-state index in [2.05, 4.69) is 34.3 Å². The van der Waals surface area contributed by atoms with Crippen LogP contribution in [0.2, 0.25) is 0 Å². The molecule has 0 saturated heterocycles. The van der Waals surface area contributed by atoms with Crippen LogP contribution in [-0.2, 0) is 0 Å². The normalized spacial score (nSPS) is 11.3. The van der Waals surface area contributed by atoms with E-state index in [1.165, 1.54) is 0 Å². The second kappa shape index (κ2) is 9.75. The number of hydrogen-bond acceptors (Lipinski definition) is 6. The van der Waals surface area contributed by atoms with Gasteiger partial charge in [-0.05, 0) is 57.9 Å². The summed E-state index contributed by atoms with van der Waals surface area (Å²) in [6.07, 6.45) is 1.89. The Morgan fingerprint density at radius 3 is 2.19 bits per heavy atom.